The molecule has 0 aliphatic heterocycles. The Morgan fingerprint density at radius 1 is 1.22 bits per heavy atom. The average molecular weight is 362 g/mol. The van der Waals surface area contributed by atoms with Crippen molar-refractivity contribution in [1.29, 1.82) is 0 Å². The van der Waals surface area contributed by atoms with Gasteiger partial charge >= 0.3 is 5.97 Å². The molecule has 2 aromatic carbocycles. The Hall–Kier alpha value is -3.08. The van der Waals surface area contributed by atoms with Gasteiger partial charge < -0.3 is 15.4 Å². The van der Waals surface area contributed by atoms with E-state index in [2.05, 4.69) is 11.5 Å². The highest BCUT2D eigenvalue weighted by molar-refractivity contribution is 6.04. The van der Waals surface area contributed by atoms with Gasteiger partial charge in [0.1, 0.15) is 0 Å². The maximum absolute atomic E-state index is 11.9. The number of carbonyl (C=O) groups is 2. The second-order valence-electron chi connectivity index (χ2n) is 7.17. The highest BCUT2D eigenvalue weighted by atomic mass is 16.4. The Kier molecular flexibility index (Phi) is 4.22. The molecule has 27 heavy (non-hydrogen) atoms. The van der Waals surface area contributed by atoms with Gasteiger partial charge in [-0.15, -0.1) is 0 Å². The lowest BCUT2D eigenvalue weighted by molar-refractivity contribution is 0.0698. The van der Waals surface area contributed by atoms with Crippen molar-refractivity contribution in [2.45, 2.75) is 38.6 Å². The number of hydrogen-bond donors (Lipinski definition) is 2. The minimum atomic E-state index is -0.919. The molecule has 1 aliphatic carbocycles. The van der Waals surface area contributed by atoms with E-state index in [4.69, 9.17) is 5.73 Å². The van der Waals surface area contributed by atoms with Gasteiger partial charge in [0, 0.05) is 23.2 Å². The van der Waals surface area contributed by atoms with Crippen LogP contribution in [0.1, 0.15) is 63.2 Å². The maximum Gasteiger partial charge on any atom is 0.337 e. The Morgan fingerprint density at radius 3 is 2.70 bits per heavy atom. The number of hydrogen-bond acceptors (Lipinski definition) is 2. The van der Waals surface area contributed by atoms with Crippen molar-refractivity contribution in [1.82, 2.24) is 4.57 Å². The number of aromatic carboxylic acids is 1. The lowest BCUT2D eigenvalue weighted by Gasteiger charge is -2.16. The van der Waals surface area contributed by atoms with Crippen molar-refractivity contribution in [2.75, 3.05) is 0 Å². The molecule has 138 valence electrons. The average Bonchev–Trinajstić information content (AvgIpc) is 3.21. The number of aryl methyl sites for hydroxylation is 1. The molecule has 5 nitrogen and oxygen atoms in total. The zero-order valence-corrected chi connectivity index (χ0v) is 15.2. The van der Waals surface area contributed by atoms with E-state index in [0.717, 1.165) is 35.7 Å². The van der Waals surface area contributed by atoms with E-state index in [0.29, 0.717) is 23.6 Å². The van der Waals surface area contributed by atoms with Crippen molar-refractivity contribution in [3.63, 3.8) is 0 Å². The number of amides is 1. The first kappa shape index (κ1) is 17.3. The van der Waals surface area contributed by atoms with Gasteiger partial charge in [0.05, 0.1) is 11.1 Å². The molecule has 3 aromatic rings. The summed E-state index contributed by atoms with van der Waals surface area (Å²) in [5, 5.41) is 10.8. The summed E-state index contributed by atoms with van der Waals surface area (Å²) in [4.78, 5) is 23.4. The van der Waals surface area contributed by atoms with Gasteiger partial charge in [-0.2, -0.15) is 0 Å². The zero-order chi connectivity index (χ0) is 19.1. The molecule has 0 saturated carbocycles. The van der Waals surface area contributed by atoms with E-state index in [1.807, 2.05) is 24.3 Å². The highest BCUT2D eigenvalue weighted by Gasteiger charge is 2.30. The molecule has 1 aromatic heterocycles. The number of nitrogens with two attached hydrogens (primary N) is 1. The number of benzene rings is 2. The molecule has 1 amide bonds. The first-order valence-electron chi connectivity index (χ1n) is 9.27. The summed E-state index contributed by atoms with van der Waals surface area (Å²) in [6.45, 7) is 2.70. The van der Waals surface area contributed by atoms with Crippen LogP contribution in [-0.2, 0) is 13.0 Å². The molecule has 1 unspecified atom stereocenters. The third kappa shape index (κ3) is 2.79. The summed E-state index contributed by atoms with van der Waals surface area (Å²) < 4.78 is 2.15. The summed E-state index contributed by atoms with van der Waals surface area (Å²) in [5.74, 6) is -0.956. The number of para-hydroxylation sites is 1. The highest BCUT2D eigenvalue weighted by Crippen LogP contribution is 2.42. The number of fused-ring (bicyclic) bond motifs is 3. The van der Waals surface area contributed by atoms with Gasteiger partial charge in [-0.05, 0) is 54.5 Å². The van der Waals surface area contributed by atoms with Crippen molar-refractivity contribution >= 4 is 22.8 Å². The number of aromatic nitrogens is 1. The maximum atomic E-state index is 11.9. The van der Waals surface area contributed by atoms with Gasteiger partial charge in [-0.3, -0.25) is 4.79 Å². The van der Waals surface area contributed by atoms with E-state index in [-0.39, 0.29) is 0 Å². The summed E-state index contributed by atoms with van der Waals surface area (Å²) in [7, 11) is 0. The van der Waals surface area contributed by atoms with Crippen LogP contribution in [-0.4, -0.2) is 21.6 Å². The van der Waals surface area contributed by atoms with E-state index in [1.54, 1.807) is 18.2 Å². The molecule has 0 bridgehead atoms. The number of primary amides is 1. The molecule has 1 atom stereocenters. The fraction of sp³-hybridized carbons (Fsp3) is 0.273. The molecule has 4 rings (SSSR count). The fourth-order valence-electron chi connectivity index (χ4n) is 4.42. The minimum absolute atomic E-state index is 0.322. The van der Waals surface area contributed by atoms with Crippen LogP contribution in [0, 0.1) is 0 Å². The predicted octanol–water partition coefficient (Wildman–Crippen LogP) is 3.93. The molecular weight excluding hydrogens is 340 g/mol. The number of carboxylic acids is 1. The number of carboxylic acid groups (broad SMARTS) is 1. The van der Waals surface area contributed by atoms with Crippen LogP contribution in [0.25, 0.3) is 10.9 Å². The Labute approximate surface area is 157 Å². The Bertz CT molecular complexity index is 1060. The number of rotatable bonds is 5. The van der Waals surface area contributed by atoms with Gasteiger partial charge in [-0.25, -0.2) is 4.79 Å². The van der Waals surface area contributed by atoms with E-state index >= 15 is 0 Å². The molecule has 0 saturated heterocycles. The molecule has 0 spiro atoms. The molecule has 5 heteroatoms. The molecular formula is C22H22N2O3. The first-order valence-corrected chi connectivity index (χ1v) is 9.27. The third-order valence-electron chi connectivity index (χ3n) is 5.64. The predicted molar refractivity (Wildman–Crippen MR) is 104 cm³/mol. The van der Waals surface area contributed by atoms with Crippen molar-refractivity contribution < 1.29 is 14.7 Å². The summed E-state index contributed by atoms with van der Waals surface area (Å²) >= 11 is 0. The molecule has 0 fully saturated rings. The smallest absolute Gasteiger partial charge is 0.337 e. The van der Waals surface area contributed by atoms with E-state index in [1.165, 1.54) is 11.3 Å². The summed E-state index contributed by atoms with van der Waals surface area (Å²) in [6.07, 6.45) is 3.09. The second-order valence-corrected chi connectivity index (χ2v) is 7.17. The van der Waals surface area contributed by atoms with Crippen LogP contribution < -0.4 is 5.73 Å². The fourth-order valence-corrected chi connectivity index (χ4v) is 4.42. The monoisotopic (exact) mass is 362 g/mol. The second kappa shape index (κ2) is 6.58. The van der Waals surface area contributed by atoms with Gasteiger partial charge in [-0.1, -0.05) is 31.2 Å². The van der Waals surface area contributed by atoms with Crippen LogP contribution in [0.3, 0.4) is 0 Å². The largest absolute Gasteiger partial charge is 0.478 e. The van der Waals surface area contributed by atoms with Crippen LogP contribution in [0.15, 0.2) is 42.5 Å². The standard InChI is InChI=1S/C22H22N2O3/c1-2-14-9-10-17-16-7-4-8-18(22(26)27)20(16)24(19(14)17)12-13-5-3-6-15(11-13)21(23)25/h3-8,11,14H,2,9-10,12H2,1H3,(H2,23,25)(H,26,27). The van der Waals surface area contributed by atoms with E-state index in [9.17, 15) is 14.7 Å². The van der Waals surface area contributed by atoms with Crippen LogP contribution in [0.5, 0.6) is 0 Å². The molecule has 3 N–H and O–H groups in total. The topological polar surface area (TPSA) is 85.3 Å². The lowest BCUT2D eigenvalue weighted by Crippen LogP contribution is -2.13. The number of nitrogens with zero attached hydrogens (tertiary/aromatic N) is 1. The lowest BCUT2D eigenvalue weighted by atomic mass is 10.0. The van der Waals surface area contributed by atoms with E-state index < -0.39 is 11.9 Å². The quantitative estimate of drug-likeness (QED) is 0.721. The summed E-state index contributed by atoms with van der Waals surface area (Å²) in [6, 6.07) is 12.8. The van der Waals surface area contributed by atoms with Crippen LogP contribution in [0.2, 0.25) is 0 Å². The van der Waals surface area contributed by atoms with Gasteiger partial charge in [0.15, 0.2) is 0 Å². The zero-order valence-electron chi connectivity index (χ0n) is 15.2. The van der Waals surface area contributed by atoms with Crippen LogP contribution >= 0.6 is 0 Å². The Morgan fingerprint density at radius 2 is 2.00 bits per heavy atom. The van der Waals surface area contributed by atoms with Gasteiger partial charge in [0.2, 0.25) is 5.91 Å². The summed E-state index contributed by atoms with van der Waals surface area (Å²) in [5.41, 5.74) is 10.4. The Balaban J connectivity index is 1.95. The van der Waals surface area contributed by atoms with Gasteiger partial charge in [0.25, 0.3) is 0 Å². The molecule has 1 aliphatic rings. The van der Waals surface area contributed by atoms with Crippen LogP contribution in [0.4, 0.5) is 0 Å². The normalized spacial score (nSPS) is 15.8. The third-order valence-corrected chi connectivity index (χ3v) is 5.64. The molecule has 1 heterocycles. The minimum Gasteiger partial charge on any atom is -0.478 e. The van der Waals surface area contributed by atoms with Crippen molar-refractivity contribution in [3.8, 4) is 0 Å². The molecule has 0 radical (unpaired) electrons. The van der Waals surface area contributed by atoms with Crippen molar-refractivity contribution in [2.24, 2.45) is 5.73 Å². The first-order chi connectivity index (χ1) is 13.0. The number of carbonyl (C=O) groups excluding carboxylic acids is 1. The van der Waals surface area contributed by atoms with Crippen molar-refractivity contribution in [3.05, 3.63) is 70.4 Å². The SMILES string of the molecule is CCC1CCc2c1n(Cc1cccc(C(N)=O)c1)c1c(C(=O)O)cccc21.